The minimum Gasteiger partial charge on any atom is -0.332 e. The first-order chi connectivity index (χ1) is 11.5. The molecule has 1 aliphatic heterocycles. The highest BCUT2D eigenvalue weighted by atomic mass is 19.1. The Bertz CT molecular complexity index is 713. The van der Waals surface area contributed by atoms with Gasteiger partial charge < -0.3 is 9.47 Å². The second-order valence-corrected chi connectivity index (χ2v) is 6.79. The van der Waals surface area contributed by atoms with Crippen molar-refractivity contribution in [2.24, 2.45) is 5.92 Å². The van der Waals surface area contributed by atoms with Crippen molar-refractivity contribution < 1.29 is 9.18 Å². The highest BCUT2D eigenvalue weighted by molar-refractivity contribution is 5.79. The maximum atomic E-state index is 13.3. The minimum atomic E-state index is -0.310. The van der Waals surface area contributed by atoms with Crippen LogP contribution >= 0.6 is 0 Å². The van der Waals surface area contributed by atoms with Crippen LogP contribution < -0.4 is 0 Å². The molecular weight excluding hydrogens is 307 g/mol. The van der Waals surface area contributed by atoms with E-state index in [1.807, 2.05) is 9.47 Å². The Balaban J connectivity index is 1.76. The predicted molar refractivity (Wildman–Crippen MR) is 88.7 cm³/mol. The third kappa shape index (κ3) is 3.63. The molecule has 1 aromatic heterocycles. The lowest BCUT2D eigenvalue weighted by atomic mass is 10.1. The third-order valence-corrected chi connectivity index (χ3v) is 4.32. The molecule has 5 nitrogen and oxygen atoms in total. The van der Waals surface area contributed by atoms with Crippen LogP contribution in [-0.4, -0.2) is 32.1 Å². The second-order valence-electron chi connectivity index (χ2n) is 6.79. The molecule has 0 saturated carbocycles. The molecule has 0 N–H and O–H groups in total. The normalized spacial score (nSPS) is 17.7. The monoisotopic (exact) mass is 330 g/mol. The molecule has 6 heteroatoms. The number of rotatable bonds is 5. The van der Waals surface area contributed by atoms with Crippen molar-refractivity contribution in [1.82, 2.24) is 19.7 Å². The fraction of sp³-hybridized carbons (Fsp3) is 0.500. The highest BCUT2D eigenvalue weighted by Gasteiger charge is 2.33. The zero-order valence-electron chi connectivity index (χ0n) is 14.2. The first-order valence-corrected chi connectivity index (χ1v) is 8.46. The van der Waals surface area contributed by atoms with Crippen LogP contribution in [0.5, 0.6) is 0 Å². The number of benzene rings is 1. The summed E-state index contributed by atoms with van der Waals surface area (Å²) < 4.78 is 15.4. The predicted octanol–water partition coefficient (Wildman–Crippen LogP) is 2.98. The number of halogens is 1. The molecule has 1 aliphatic rings. The molecule has 1 amide bonds. The van der Waals surface area contributed by atoms with Gasteiger partial charge in [-0.25, -0.2) is 4.39 Å². The van der Waals surface area contributed by atoms with Gasteiger partial charge in [-0.1, -0.05) is 26.0 Å². The molecule has 0 radical (unpaired) electrons. The Labute approximate surface area is 141 Å². The molecule has 0 bridgehead atoms. The summed E-state index contributed by atoms with van der Waals surface area (Å²) in [6.45, 7) is 5.84. The summed E-state index contributed by atoms with van der Waals surface area (Å²) in [7, 11) is 0. The van der Waals surface area contributed by atoms with Crippen molar-refractivity contribution in [3.8, 4) is 0 Å². The van der Waals surface area contributed by atoms with E-state index in [1.165, 1.54) is 12.1 Å². The van der Waals surface area contributed by atoms with Crippen LogP contribution in [0.15, 0.2) is 30.6 Å². The Kier molecular flexibility index (Phi) is 4.92. The molecule has 1 fully saturated rings. The van der Waals surface area contributed by atoms with Gasteiger partial charge in [0.2, 0.25) is 5.91 Å². The molecule has 24 heavy (non-hydrogen) atoms. The average molecular weight is 330 g/mol. The smallest absolute Gasteiger partial charge is 0.227 e. The Morgan fingerprint density at radius 2 is 2.25 bits per heavy atom. The summed E-state index contributed by atoms with van der Waals surface area (Å²) in [4.78, 5) is 14.6. The summed E-state index contributed by atoms with van der Waals surface area (Å²) in [6, 6.07) is 6.20. The van der Waals surface area contributed by atoms with Crippen LogP contribution in [0.4, 0.5) is 4.39 Å². The standard InChI is InChI=1S/C18H23FN4O/c1-13(2)11-22-12-20-21-18(22)16-7-4-8-23(16)17(24)10-14-5-3-6-15(19)9-14/h3,5-6,9,12-13,16H,4,7-8,10-11H2,1-2H3. The molecule has 0 spiro atoms. The summed E-state index contributed by atoms with van der Waals surface area (Å²) in [6.07, 6.45) is 3.80. The van der Waals surface area contributed by atoms with Crippen molar-refractivity contribution in [3.63, 3.8) is 0 Å². The maximum absolute atomic E-state index is 13.3. The first-order valence-electron chi connectivity index (χ1n) is 8.46. The molecule has 128 valence electrons. The number of aromatic nitrogens is 3. The number of likely N-dealkylation sites (tertiary alicyclic amines) is 1. The van der Waals surface area contributed by atoms with Crippen LogP contribution in [0.3, 0.4) is 0 Å². The van der Waals surface area contributed by atoms with Gasteiger partial charge in [0.15, 0.2) is 5.82 Å². The number of carbonyl (C=O) groups excluding carboxylic acids is 1. The van der Waals surface area contributed by atoms with E-state index in [-0.39, 0.29) is 24.2 Å². The van der Waals surface area contributed by atoms with E-state index in [2.05, 4.69) is 24.0 Å². The van der Waals surface area contributed by atoms with E-state index < -0.39 is 0 Å². The maximum Gasteiger partial charge on any atom is 0.227 e. The topological polar surface area (TPSA) is 51.0 Å². The minimum absolute atomic E-state index is 0.0159. The Morgan fingerprint density at radius 3 is 3.00 bits per heavy atom. The van der Waals surface area contributed by atoms with E-state index in [9.17, 15) is 9.18 Å². The Morgan fingerprint density at radius 1 is 1.42 bits per heavy atom. The molecule has 2 aromatic rings. The average Bonchev–Trinajstić information content (AvgIpc) is 3.14. The van der Waals surface area contributed by atoms with Gasteiger partial charge in [-0.3, -0.25) is 4.79 Å². The molecule has 1 aromatic carbocycles. The van der Waals surface area contributed by atoms with Gasteiger partial charge >= 0.3 is 0 Å². The first kappa shape index (κ1) is 16.6. The molecule has 1 saturated heterocycles. The van der Waals surface area contributed by atoms with Gasteiger partial charge in [-0.2, -0.15) is 0 Å². The lowest BCUT2D eigenvalue weighted by Gasteiger charge is -2.25. The van der Waals surface area contributed by atoms with Gasteiger partial charge in [0, 0.05) is 13.1 Å². The van der Waals surface area contributed by atoms with Crippen molar-refractivity contribution in [2.75, 3.05) is 6.54 Å². The summed E-state index contributed by atoms with van der Waals surface area (Å²) in [5.74, 6) is 1.04. The highest BCUT2D eigenvalue weighted by Crippen LogP contribution is 2.31. The van der Waals surface area contributed by atoms with Gasteiger partial charge in [0.1, 0.15) is 12.1 Å². The SMILES string of the molecule is CC(C)Cn1cnnc1C1CCCN1C(=O)Cc1cccc(F)c1. The van der Waals surface area contributed by atoms with Crippen LogP contribution in [0.25, 0.3) is 0 Å². The van der Waals surface area contributed by atoms with Gasteiger partial charge in [-0.05, 0) is 36.5 Å². The van der Waals surface area contributed by atoms with Crippen molar-refractivity contribution in [1.29, 1.82) is 0 Å². The van der Waals surface area contributed by atoms with E-state index in [0.29, 0.717) is 18.0 Å². The molecule has 2 heterocycles. The summed E-state index contributed by atoms with van der Waals surface area (Å²) in [5.41, 5.74) is 0.703. The molecule has 0 aliphatic carbocycles. The van der Waals surface area contributed by atoms with Gasteiger partial charge in [0.05, 0.1) is 12.5 Å². The zero-order valence-corrected chi connectivity index (χ0v) is 14.2. The van der Waals surface area contributed by atoms with E-state index >= 15 is 0 Å². The van der Waals surface area contributed by atoms with Gasteiger partial charge in [-0.15, -0.1) is 10.2 Å². The van der Waals surface area contributed by atoms with E-state index in [0.717, 1.165) is 25.2 Å². The summed E-state index contributed by atoms with van der Waals surface area (Å²) >= 11 is 0. The number of nitrogens with zero attached hydrogens (tertiary/aromatic N) is 4. The lowest BCUT2D eigenvalue weighted by molar-refractivity contribution is -0.131. The zero-order chi connectivity index (χ0) is 17.1. The molecule has 3 rings (SSSR count). The fourth-order valence-corrected chi connectivity index (χ4v) is 3.31. The molecule has 1 unspecified atom stereocenters. The van der Waals surface area contributed by atoms with Crippen LogP contribution in [0, 0.1) is 11.7 Å². The third-order valence-electron chi connectivity index (χ3n) is 4.32. The molecular formula is C18H23FN4O. The quantitative estimate of drug-likeness (QED) is 0.847. The van der Waals surface area contributed by atoms with E-state index in [4.69, 9.17) is 0 Å². The second kappa shape index (κ2) is 7.11. The van der Waals surface area contributed by atoms with E-state index in [1.54, 1.807) is 18.5 Å². The van der Waals surface area contributed by atoms with Gasteiger partial charge in [0.25, 0.3) is 0 Å². The number of carbonyl (C=O) groups is 1. The fourth-order valence-electron chi connectivity index (χ4n) is 3.31. The van der Waals surface area contributed by atoms with Crippen LogP contribution in [0.2, 0.25) is 0 Å². The van der Waals surface area contributed by atoms with Crippen molar-refractivity contribution in [2.45, 2.75) is 45.7 Å². The van der Waals surface area contributed by atoms with Crippen LogP contribution in [-0.2, 0) is 17.8 Å². The molecule has 1 atom stereocenters. The summed E-state index contributed by atoms with van der Waals surface area (Å²) in [5, 5.41) is 8.30. The number of hydrogen-bond acceptors (Lipinski definition) is 3. The Hall–Kier alpha value is -2.24. The van der Waals surface area contributed by atoms with Crippen molar-refractivity contribution in [3.05, 3.63) is 47.8 Å². The van der Waals surface area contributed by atoms with Crippen molar-refractivity contribution >= 4 is 5.91 Å². The van der Waals surface area contributed by atoms with Crippen LogP contribution in [0.1, 0.15) is 44.1 Å². The lowest BCUT2D eigenvalue weighted by Crippen LogP contribution is -2.33. The number of amides is 1. The largest absolute Gasteiger partial charge is 0.332 e. The number of hydrogen-bond donors (Lipinski definition) is 0.